The Bertz CT molecular complexity index is 956. The summed E-state index contributed by atoms with van der Waals surface area (Å²) in [6.07, 6.45) is 7.11. The highest BCUT2D eigenvalue weighted by Gasteiger charge is 2.18. The van der Waals surface area contributed by atoms with E-state index in [1.807, 2.05) is 0 Å². The molecule has 0 saturated heterocycles. The zero-order valence-corrected chi connectivity index (χ0v) is 20.0. The van der Waals surface area contributed by atoms with Crippen LogP contribution in [0.1, 0.15) is 45.1 Å². The second-order valence-corrected chi connectivity index (χ2v) is 8.17. The summed E-state index contributed by atoms with van der Waals surface area (Å²) in [4.78, 5) is 26.0. The molecule has 7 heteroatoms. The summed E-state index contributed by atoms with van der Waals surface area (Å²) in [6.45, 7) is 4.67. The maximum Gasteiger partial charge on any atom is 0.419 e. The van der Waals surface area contributed by atoms with E-state index in [2.05, 4.69) is 31.3 Å². The molecule has 0 aliphatic rings. The standard InChI is InChI=1S/C26H35N3O4/c1-19(2)11-7-5-6-8-14-25(30)28-18-20-15-16-23(24(17-20)32-4)33-26(31)29(3)22-13-10-9-12-21(22)27/h7,9-13,15-17,19H,5-6,8,14,18,27H2,1-4H3,(H,28,30)/b11-7+. The van der Waals surface area contributed by atoms with Crippen LogP contribution in [0.15, 0.2) is 54.6 Å². The number of carbonyl (C=O) groups excluding carboxylic acids is 2. The van der Waals surface area contributed by atoms with E-state index in [1.165, 1.54) is 12.0 Å². The summed E-state index contributed by atoms with van der Waals surface area (Å²) in [7, 11) is 3.09. The van der Waals surface area contributed by atoms with Crippen LogP contribution in [-0.4, -0.2) is 26.2 Å². The lowest BCUT2D eigenvalue weighted by atomic mass is 10.1. The topological polar surface area (TPSA) is 93.9 Å². The van der Waals surface area contributed by atoms with Crippen molar-refractivity contribution in [2.75, 3.05) is 24.8 Å². The molecule has 0 aromatic heterocycles. The lowest BCUT2D eigenvalue weighted by molar-refractivity contribution is -0.121. The molecule has 7 nitrogen and oxygen atoms in total. The molecule has 0 aliphatic carbocycles. The number of unbranched alkanes of at least 4 members (excludes halogenated alkanes) is 2. The number of carbonyl (C=O) groups is 2. The number of benzene rings is 2. The van der Waals surface area contributed by atoms with Crippen molar-refractivity contribution in [2.24, 2.45) is 5.92 Å². The van der Waals surface area contributed by atoms with E-state index in [4.69, 9.17) is 15.2 Å². The molecule has 0 unspecified atom stereocenters. The van der Waals surface area contributed by atoms with Crippen LogP contribution < -0.4 is 25.4 Å². The van der Waals surface area contributed by atoms with Crippen LogP contribution in [0.2, 0.25) is 0 Å². The third kappa shape index (κ3) is 8.52. The molecule has 0 atom stereocenters. The van der Waals surface area contributed by atoms with E-state index in [0.29, 0.717) is 36.0 Å². The fraction of sp³-hybridized carbons (Fsp3) is 0.385. The summed E-state index contributed by atoms with van der Waals surface area (Å²) in [5, 5.41) is 2.92. The van der Waals surface area contributed by atoms with E-state index in [0.717, 1.165) is 24.8 Å². The second-order valence-electron chi connectivity index (χ2n) is 8.17. The normalized spacial score (nSPS) is 10.9. The average molecular weight is 454 g/mol. The molecule has 0 radical (unpaired) electrons. The Labute approximate surface area is 196 Å². The number of nitrogens with one attached hydrogen (secondary N) is 1. The van der Waals surface area contributed by atoms with Crippen LogP contribution in [0.5, 0.6) is 11.5 Å². The highest BCUT2D eigenvalue weighted by atomic mass is 16.6. The number of methoxy groups -OCH3 is 1. The monoisotopic (exact) mass is 453 g/mol. The van der Waals surface area contributed by atoms with Gasteiger partial charge in [0.1, 0.15) is 0 Å². The van der Waals surface area contributed by atoms with Crippen LogP contribution in [-0.2, 0) is 11.3 Å². The lowest BCUT2D eigenvalue weighted by Gasteiger charge is -2.19. The van der Waals surface area contributed by atoms with Crippen LogP contribution in [0.4, 0.5) is 16.2 Å². The van der Waals surface area contributed by atoms with Gasteiger partial charge < -0.3 is 20.5 Å². The number of allylic oxidation sites excluding steroid dienone is 2. The first-order valence-corrected chi connectivity index (χ1v) is 11.2. The number of rotatable bonds is 11. The quantitative estimate of drug-likeness (QED) is 0.273. The van der Waals surface area contributed by atoms with Gasteiger partial charge >= 0.3 is 6.09 Å². The van der Waals surface area contributed by atoms with Crippen LogP contribution in [0.3, 0.4) is 0 Å². The van der Waals surface area contributed by atoms with Crippen LogP contribution in [0, 0.1) is 5.92 Å². The first-order valence-electron chi connectivity index (χ1n) is 11.2. The molecular weight excluding hydrogens is 418 g/mol. The summed E-state index contributed by atoms with van der Waals surface area (Å²) in [5.41, 5.74) is 7.81. The Morgan fingerprint density at radius 1 is 1.12 bits per heavy atom. The molecule has 0 fully saturated rings. The van der Waals surface area contributed by atoms with E-state index in [-0.39, 0.29) is 11.7 Å². The third-order valence-corrected chi connectivity index (χ3v) is 5.03. The largest absolute Gasteiger partial charge is 0.493 e. The molecule has 33 heavy (non-hydrogen) atoms. The second kappa shape index (κ2) is 13.2. The van der Waals surface area contributed by atoms with Crippen molar-refractivity contribution in [3.05, 3.63) is 60.2 Å². The highest BCUT2D eigenvalue weighted by molar-refractivity contribution is 5.92. The molecule has 0 bridgehead atoms. The number of nitrogen functional groups attached to an aromatic ring is 1. The molecule has 0 saturated carbocycles. The Morgan fingerprint density at radius 2 is 1.88 bits per heavy atom. The van der Waals surface area contributed by atoms with Gasteiger partial charge in [-0.2, -0.15) is 0 Å². The van der Waals surface area contributed by atoms with Gasteiger partial charge in [-0.05, 0) is 55.0 Å². The summed E-state index contributed by atoms with van der Waals surface area (Å²) in [5.74, 6) is 1.26. The number of hydrogen-bond acceptors (Lipinski definition) is 5. The Morgan fingerprint density at radius 3 is 2.58 bits per heavy atom. The molecule has 178 valence electrons. The van der Waals surface area contributed by atoms with E-state index >= 15 is 0 Å². The number of ether oxygens (including phenoxy) is 2. The first kappa shape index (κ1) is 25.8. The highest BCUT2D eigenvalue weighted by Crippen LogP contribution is 2.30. The van der Waals surface area contributed by atoms with Crippen molar-refractivity contribution in [1.82, 2.24) is 5.32 Å². The zero-order valence-electron chi connectivity index (χ0n) is 20.0. The van der Waals surface area contributed by atoms with Crippen LogP contribution in [0.25, 0.3) is 0 Å². The van der Waals surface area contributed by atoms with Gasteiger partial charge in [-0.15, -0.1) is 0 Å². The average Bonchev–Trinajstić information content (AvgIpc) is 2.80. The minimum absolute atomic E-state index is 0.0133. The predicted octanol–water partition coefficient (Wildman–Crippen LogP) is 5.30. The fourth-order valence-corrected chi connectivity index (χ4v) is 3.17. The molecule has 3 N–H and O–H groups in total. The first-order chi connectivity index (χ1) is 15.8. The molecular formula is C26H35N3O4. The third-order valence-electron chi connectivity index (χ3n) is 5.03. The minimum Gasteiger partial charge on any atom is -0.493 e. The van der Waals surface area contributed by atoms with Gasteiger partial charge in [0.25, 0.3) is 0 Å². The van der Waals surface area contributed by atoms with Gasteiger partial charge in [0.15, 0.2) is 11.5 Å². The summed E-state index contributed by atoms with van der Waals surface area (Å²) in [6, 6.07) is 12.2. The predicted molar refractivity (Wildman–Crippen MR) is 133 cm³/mol. The smallest absolute Gasteiger partial charge is 0.419 e. The van der Waals surface area contributed by atoms with Gasteiger partial charge in [-0.25, -0.2) is 4.79 Å². The van der Waals surface area contributed by atoms with Gasteiger partial charge in [-0.1, -0.05) is 44.2 Å². The van der Waals surface area contributed by atoms with E-state index in [1.54, 1.807) is 49.5 Å². The van der Waals surface area contributed by atoms with Crippen molar-refractivity contribution in [3.63, 3.8) is 0 Å². The molecule has 0 aliphatic heterocycles. The lowest BCUT2D eigenvalue weighted by Crippen LogP contribution is -2.30. The maximum atomic E-state index is 12.6. The molecule has 2 amide bonds. The Balaban J connectivity index is 1.86. The number of anilines is 2. The van der Waals surface area contributed by atoms with Crippen molar-refractivity contribution in [1.29, 1.82) is 0 Å². The molecule has 2 aromatic carbocycles. The summed E-state index contributed by atoms with van der Waals surface area (Å²) < 4.78 is 10.9. The van der Waals surface area contributed by atoms with Crippen molar-refractivity contribution < 1.29 is 19.1 Å². The number of hydrogen-bond donors (Lipinski definition) is 2. The molecule has 2 rings (SSSR count). The number of nitrogens with zero attached hydrogens (tertiary/aromatic N) is 1. The van der Waals surface area contributed by atoms with Crippen LogP contribution >= 0.6 is 0 Å². The maximum absolute atomic E-state index is 12.6. The Kier molecular flexibility index (Phi) is 10.3. The molecule has 0 heterocycles. The van der Waals surface area contributed by atoms with Gasteiger partial charge in [0.05, 0.1) is 18.5 Å². The Hall–Kier alpha value is -3.48. The van der Waals surface area contributed by atoms with Gasteiger partial charge in [0, 0.05) is 20.0 Å². The van der Waals surface area contributed by atoms with Crippen molar-refractivity contribution in [2.45, 2.75) is 46.1 Å². The summed E-state index contributed by atoms with van der Waals surface area (Å²) >= 11 is 0. The van der Waals surface area contributed by atoms with E-state index < -0.39 is 6.09 Å². The zero-order chi connectivity index (χ0) is 24.2. The van der Waals surface area contributed by atoms with Gasteiger partial charge in [0.2, 0.25) is 5.91 Å². The van der Waals surface area contributed by atoms with E-state index in [9.17, 15) is 9.59 Å². The SMILES string of the molecule is COc1cc(CNC(=O)CCCC/C=C/C(C)C)ccc1OC(=O)N(C)c1ccccc1N. The minimum atomic E-state index is -0.588. The number of nitrogens with two attached hydrogens (primary N) is 1. The number of amides is 2. The van der Waals surface area contributed by atoms with Crippen molar-refractivity contribution in [3.8, 4) is 11.5 Å². The van der Waals surface area contributed by atoms with Gasteiger partial charge in [-0.3, -0.25) is 9.69 Å². The molecule has 2 aromatic rings. The van der Waals surface area contributed by atoms with Crippen molar-refractivity contribution >= 4 is 23.4 Å². The molecule has 0 spiro atoms. The fourth-order valence-electron chi connectivity index (χ4n) is 3.17. The number of para-hydroxylation sites is 2.